The largest absolute Gasteiger partial charge is 0.493 e. The molecule has 1 saturated heterocycles. The molecule has 0 aromatic heterocycles. The van der Waals surface area contributed by atoms with Crippen LogP contribution in [0, 0.1) is 5.92 Å². The van der Waals surface area contributed by atoms with E-state index in [0.29, 0.717) is 42.0 Å². The first kappa shape index (κ1) is 21.9. The summed E-state index contributed by atoms with van der Waals surface area (Å²) in [6, 6.07) is 3.66. The molecule has 1 aliphatic heterocycles. The second-order valence-electron chi connectivity index (χ2n) is 6.05. The smallest absolute Gasteiger partial charge is 0.220 e. The number of hydrogen-bond acceptors (Lipinski definition) is 4. The van der Waals surface area contributed by atoms with Crippen LogP contribution in [0.2, 0.25) is 5.02 Å². The molecule has 0 bridgehead atoms. The van der Waals surface area contributed by atoms with Crippen LogP contribution in [-0.2, 0) is 11.3 Å². The summed E-state index contributed by atoms with van der Waals surface area (Å²) < 4.78 is 10.8. The SMILES string of the molecule is CCOc1c(Cl)cc(CNC(=O)CCC2CCNCC2)cc1OC.Cl. The molecule has 0 saturated carbocycles. The van der Waals surface area contributed by atoms with Gasteiger partial charge in [0.2, 0.25) is 5.91 Å². The number of carbonyl (C=O) groups is 1. The van der Waals surface area contributed by atoms with Crippen LogP contribution in [0.4, 0.5) is 0 Å². The number of carbonyl (C=O) groups excluding carboxylic acids is 1. The van der Waals surface area contributed by atoms with E-state index in [1.807, 2.05) is 19.1 Å². The van der Waals surface area contributed by atoms with E-state index in [2.05, 4.69) is 10.6 Å². The molecule has 0 atom stereocenters. The maximum absolute atomic E-state index is 12.1. The Kier molecular flexibility index (Phi) is 10.0. The minimum absolute atomic E-state index is 0. The Bertz CT molecular complexity index is 549. The quantitative estimate of drug-likeness (QED) is 0.712. The second kappa shape index (κ2) is 11.4. The van der Waals surface area contributed by atoms with Crippen LogP contribution in [-0.4, -0.2) is 32.7 Å². The Hall–Kier alpha value is -1.17. The number of ether oxygens (including phenoxy) is 2. The van der Waals surface area contributed by atoms with Crippen LogP contribution in [0.5, 0.6) is 11.5 Å². The van der Waals surface area contributed by atoms with Gasteiger partial charge in [-0.2, -0.15) is 0 Å². The molecule has 0 spiro atoms. The van der Waals surface area contributed by atoms with Gasteiger partial charge in [0.1, 0.15) is 0 Å². The number of piperidine rings is 1. The molecule has 25 heavy (non-hydrogen) atoms. The van der Waals surface area contributed by atoms with Crippen molar-refractivity contribution in [2.24, 2.45) is 5.92 Å². The lowest BCUT2D eigenvalue weighted by Gasteiger charge is -2.22. The third-order valence-electron chi connectivity index (χ3n) is 4.31. The monoisotopic (exact) mass is 390 g/mol. The Morgan fingerprint density at radius 2 is 2.08 bits per heavy atom. The number of nitrogens with one attached hydrogen (secondary N) is 2. The highest BCUT2D eigenvalue weighted by molar-refractivity contribution is 6.32. The third kappa shape index (κ3) is 6.92. The summed E-state index contributed by atoms with van der Waals surface area (Å²) in [5, 5.41) is 6.80. The van der Waals surface area contributed by atoms with Crippen molar-refractivity contribution in [3.05, 3.63) is 22.7 Å². The molecule has 142 valence electrons. The molecule has 7 heteroatoms. The van der Waals surface area contributed by atoms with Crippen LogP contribution < -0.4 is 20.1 Å². The summed E-state index contributed by atoms with van der Waals surface area (Å²) in [5.74, 6) is 1.88. The van der Waals surface area contributed by atoms with Crippen LogP contribution in [0.1, 0.15) is 38.2 Å². The van der Waals surface area contributed by atoms with E-state index in [1.54, 1.807) is 7.11 Å². The molecule has 1 aromatic carbocycles. The Morgan fingerprint density at radius 1 is 1.36 bits per heavy atom. The van der Waals surface area contributed by atoms with Gasteiger partial charge in [0, 0.05) is 13.0 Å². The van der Waals surface area contributed by atoms with Crippen molar-refractivity contribution in [1.82, 2.24) is 10.6 Å². The molecular weight excluding hydrogens is 363 g/mol. The molecule has 5 nitrogen and oxygen atoms in total. The average Bonchev–Trinajstić information content (AvgIpc) is 2.61. The van der Waals surface area contributed by atoms with E-state index < -0.39 is 0 Å². The minimum Gasteiger partial charge on any atom is -0.493 e. The lowest BCUT2D eigenvalue weighted by atomic mass is 9.93. The van der Waals surface area contributed by atoms with Gasteiger partial charge < -0.3 is 20.1 Å². The summed E-state index contributed by atoms with van der Waals surface area (Å²) in [5.41, 5.74) is 0.899. The van der Waals surface area contributed by atoms with E-state index in [9.17, 15) is 4.79 Å². The van der Waals surface area contributed by atoms with Gasteiger partial charge in [0.15, 0.2) is 11.5 Å². The molecule has 2 rings (SSSR count). The molecular formula is C18H28Cl2N2O3. The molecule has 0 aliphatic carbocycles. The lowest BCUT2D eigenvalue weighted by molar-refractivity contribution is -0.121. The Morgan fingerprint density at radius 3 is 2.72 bits per heavy atom. The van der Waals surface area contributed by atoms with Crippen LogP contribution in [0.3, 0.4) is 0 Å². The zero-order chi connectivity index (χ0) is 17.4. The van der Waals surface area contributed by atoms with Gasteiger partial charge in [0.25, 0.3) is 0 Å². The normalized spacial score (nSPS) is 14.5. The molecule has 1 amide bonds. The van der Waals surface area contributed by atoms with E-state index in [-0.39, 0.29) is 18.3 Å². The molecule has 2 N–H and O–H groups in total. The van der Waals surface area contributed by atoms with Crippen molar-refractivity contribution >= 4 is 29.9 Å². The fraction of sp³-hybridized carbons (Fsp3) is 0.611. The third-order valence-corrected chi connectivity index (χ3v) is 4.59. The van der Waals surface area contributed by atoms with Crippen molar-refractivity contribution in [2.75, 3.05) is 26.8 Å². The predicted molar refractivity (Wildman–Crippen MR) is 103 cm³/mol. The van der Waals surface area contributed by atoms with Gasteiger partial charge in [-0.3, -0.25) is 4.79 Å². The summed E-state index contributed by atoms with van der Waals surface area (Å²) >= 11 is 6.25. The maximum Gasteiger partial charge on any atom is 0.220 e. The van der Waals surface area contributed by atoms with Crippen LogP contribution in [0.15, 0.2) is 12.1 Å². The maximum atomic E-state index is 12.1. The zero-order valence-electron chi connectivity index (χ0n) is 14.9. The number of hydrogen-bond donors (Lipinski definition) is 2. The summed E-state index contributed by atoms with van der Waals surface area (Å²) in [6.45, 7) is 4.98. The fourth-order valence-corrected chi connectivity index (χ4v) is 3.24. The lowest BCUT2D eigenvalue weighted by Crippen LogP contribution is -2.29. The molecule has 1 heterocycles. The van der Waals surface area contributed by atoms with E-state index in [1.165, 1.54) is 12.8 Å². The fourth-order valence-electron chi connectivity index (χ4n) is 2.95. The number of benzene rings is 1. The van der Waals surface area contributed by atoms with Gasteiger partial charge in [-0.15, -0.1) is 12.4 Å². The highest BCUT2D eigenvalue weighted by Gasteiger charge is 2.15. The van der Waals surface area contributed by atoms with Crippen molar-refractivity contribution in [3.8, 4) is 11.5 Å². The van der Waals surface area contributed by atoms with Crippen molar-refractivity contribution in [3.63, 3.8) is 0 Å². The summed E-state index contributed by atoms with van der Waals surface area (Å²) in [6.07, 6.45) is 3.87. The Balaban J connectivity index is 0.00000312. The minimum atomic E-state index is 0. The first-order valence-corrected chi connectivity index (χ1v) is 8.98. The molecule has 1 fully saturated rings. The topological polar surface area (TPSA) is 59.6 Å². The molecule has 1 aliphatic rings. The van der Waals surface area contributed by atoms with Gasteiger partial charge in [-0.05, 0) is 62.9 Å². The van der Waals surface area contributed by atoms with Crippen LogP contribution in [0.25, 0.3) is 0 Å². The number of rotatable bonds is 8. The standard InChI is InChI=1S/C18H27ClN2O3.ClH/c1-3-24-18-15(19)10-14(11-16(18)23-2)12-21-17(22)5-4-13-6-8-20-9-7-13;/h10-11,13,20H,3-9,12H2,1-2H3,(H,21,22);1H. The number of methoxy groups -OCH3 is 1. The van der Waals surface area contributed by atoms with Gasteiger partial charge in [-0.25, -0.2) is 0 Å². The average molecular weight is 391 g/mol. The van der Waals surface area contributed by atoms with Crippen LogP contribution >= 0.6 is 24.0 Å². The van der Waals surface area contributed by atoms with Gasteiger partial charge in [0.05, 0.1) is 18.7 Å². The molecule has 0 radical (unpaired) electrons. The van der Waals surface area contributed by atoms with Crippen molar-refractivity contribution in [2.45, 2.75) is 39.2 Å². The first-order valence-electron chi connectivity index (χ1n) is 8.60. The van der Waals surface area contributed by atoms with E-state index in [4.69, 9.17) is 21.1 Å². The first-order chi connectivity index (χ1) is 11.6. The van der Waals surface area contributed by atoms with Gasteiger partial charge in [-0.1, -0.05) is 11.6 Å². The zero-order valence-corrected chi connectivity index (χ0v) is 16.5. The Labute approximate surface area is 161 Å². The van der Waals surface area contributed by atoms with Gasteiger partial charge >= 0.3 is 0 Å². The summed E-state index contributed by atoms with van der Waals surface area (Å²) in [7, 11) is 1.58. The highest BCUT2D eigenvalue weighted by Crippen LogP contribution is 2.36. The predicted octanol–water partition coefficient (Wildman–Crippen LogP) is 3.57. The highest BCUT2D eigenvalue weighted by atomic mass is 35.5. The second-order valence-corrected chi connectivity index (χ2v) is 6.46. The molecule has 0 unspecified atom stereocenters. The van der Waals surface area contributed by atoms with Crippen molar-refractivity contribution in [1.29, 1.82) is 0 Å². The van der Waals surface area contributed by atoms with E-state index in [0.717, 1.165) is 25.1 Å². The van der Waals surface area contributed by atoms with Crippen molar-refractivity contribution < 1.29 is 14.3 Å². The molecule has 1 aromatic rings. The number of halogens is 2. The van der Waals surface area contributed by atoms with E-state index >= 15 is 0 Å². The number of amides is 1. The summed E-state index contributed by atoms with van der Waals surface area (Å²) in [4.78, 5) is 12.1.